The van der Waals surface area contributed by atoms with Gasteiger partial charge in [0.05, 0.1) is 19.3 Å². The third kappa shape index (κ3) is 7.45. The molecule has 4 nitrogen and oxygen atoms in total. The Balaban J connectivity index is 0.00000220. The second-order valence-electron chi connectivity index (χ2n) is 5.09. The normalized spacial score (nSPS) is 17.2. The Kier molecular flexibility index (Phi) is 9.24. The number of hydrogen-bond acceptors (Lipinski definition) is 4. The molecule has 1 unspecified atom stereocenters. The van der Waals surface area contributed by atoms with E-state index in [9.17, 15) is 5.11 Å². The lowest BCUT2D eigenvalue weighted by Gasteiger charge is -2.24. The molecule has 1 aromatic carbocycles. The van der Waals surface area contributed by atoms with Crippen molar-refractivity contribution in [3.63, 3.8) is 0 Å². The zero-order chi connectivity index (χ0) is 14.2. The third-order valence-corrected chi connectivity index (χ3v) is 3.61. The highest BCUT2D eigenvalue weighted by atomic mass is 35.5. The minimum Gasteiger partial charge on any atom is -0.389 e. The van der Waals surface area contributed by atoms with Gasteiger partial charge in [0.15, 0.2) is 0 Å². The highest BCUT2D eigenvalue weighted by Gasteiger charge is 2.14. The Morgan fingerprint density at radius 3 is 2.62 bits per heavy atom. The summed E-state index contributed by atoms with van der Waals surface area (Å²) in [5.41, 5.74) is 1.05. The molecule has 0 bridgehead atoms. The number of ether oxygens (including phenoxy) is 2. The molecular formula is C15H23Cl2NO3. The van der Waals surface area contributed by atoms with Gasteiger partial charge in [-0.25, -0.2) is 0 Å². The smallest absolute Gasteiger partial charge is 0.0897 e. The molecule has 120 valence electrons. The van der Waals surface area contributed by atoms with Gasteiger partial charge in [-0.15, -0.1) is 12.4 Å². The van der Waals surface area contributed by atoms with Crippen LogP contribution in [0.2, 0.25) is 5.02 Å². The van der Waals surface area contributed by atoms with E-state index in [4.69, 9.17) is 21.1 Å². The second-order valence-corrected chi connectivity index (χ2v) is 5.53. The van der Waals surface area contributed by atoms with Crippen LogP contribution >= 0.6 is 24.0 Å². The van der Waals surface area contributed by atoms with E-state index in [1.807, 2.05) is 24.3 Å². The van der Waals surface area contributed by atoms with Gasteiger partial charge in [-0.1, -0.05) is 23.7 Å². The monoisotopic (exact) mass is 335 g/mol. The van der Waals surface area contributed by atoms with Crippen LogP contribution in [0.25, 0.3) is 0 Å². The molecule has 2 rings (SSSR count). The number of aliphatic hydroxyl groups is 1. The molecule has 0 saturated carbocycles. The van der Waals surface area contributed by atoms with E-state index in [2.05, 4.69) is 5.32 Å². The molecule has 1 aliphatic rings. The maximum absolute atomic E-state index is 9.86. The molecule has 0 aliphatic carbocycles. The van der Waals surface area contributed by atoms with E-state index >= 15 is 0 Å². The van der Waals surface area contributed by atoms with Crippen molar-refractivity contribution in [2.75, 3.05) is 26.4 Å². The largest absolute Gasteiger partial charge is 0.389 e. The predicted molar refractivity (Wildman–Crippen MR) is 86.2 cm³/mol. The van der Waals surface area contributed by atoms with Gasteiger partial charge >= 0.3 is 0 Å². The molecule has 0 aromatic heterocycles. The number of aliphatic hydroxyl groups excluding tert-OH is 1. The molecule has 0 radical (unpaired) electrons. The van der Waals surface area contributed by atoms with Gasteiger partial charge in [-0.2, -0.15) is 0 Å². The van der Waals surface area contributed by atoms with Gasteiger partial charge in [0, 0.05) is 30.8 Å². The second kappa shape index (κ2) is 10.4. The average molecular weight is 336 g/mol. The number of benzene rings is 1. The summed E-state index contributed by atoms with van der Waals surface area (Å²) in [7, 11) is 0. The number of hydrogen-bond donors (Lipinski definition) is 2. The summed E-state index contributed by atoms with van der Waals surface area (Å²) in [6.07, 6.45) is 1.54. The molecule has 0 amide bonds. The molecule has 1 aliphatic heterocycles. The molecule has 2 N–H and O–H groups in total. The number of rotatable bonds is 7. The first-order valence-corrected chi connectivity index (χ1v) is 7.43. The van der Waals surface area contributed by atoms with Crippen molar-refractivity contribution < 1.29 is 14.6 Å². The van der Waals surface area contributed by atoms with Crippen LogP contribution < -0.4 is 5.32 Å². The molecular weight excluding hydrogens is 313 g/mol. The fraction of sp³-hybridized carbons (Fsp3) is 0.600. The Morgan fingerprint density at radius 2 is 1.95 bits per heavy atom. The van der Waals surface area contributed by atoms with Crippen LogP contribution in [0.1, 0.15) is 18.4 Å². The molecule has 1 fully saturated rings. The molecule has 1 heterocycles. The van der Waals surface area contributed by atoms with Crippen LogP contribution in [-0.4, -0.2) is 43.6 Å². The Hall–Kier alpha value is -0.360. The zero-order valence-corrected chi connectivity index (χ0v) is 13.5. The molecule has 1 saturated heterocycles. The zero-order valence-electron chi connectivity index (χ0n) is 12.0. The van der Waals surface area contributed by atoms with E-state index < -0.39 is 6.10 Å². The lowest BCUT2D eigenvalue weighted by Crippen LogP contribution is -2.40. The van der Waals surface area contributed by atoms with Crippen molar-refractivity contribution in [2.24, 2.45) is 0 Å². The van der Waals surface area contributed by atoms with Gasteiger partial charge in [0.1, 0.15) is 0 Å². The van der Waals surface area contributed by atoms with Crippen LogP contribution in [0.15, 0.2) is 24.3 Å². The third-order valence-electron chi connectivity index (χ3n) is 3.36. The summed E-state index contributed by atoms with van der Waals surface area (Å²) in [5.74, 6) is 0. The van der Waals surface area contributed by atoms with Crippen LogP contribution in [0.4, 0.5) is 0 Å². The first-order valence-electron chi connectivity index (χ1n) is 7.05. The van der Waals surface area contributed by atoms with Crippen molar-refractivity contribution in [1.82, 2.24) is 5.32 Å². The highest BCUT2D eigenvalue weighted by Crippen LogP contribution is 2.10. The first kappa shape index (κ1) is 18.7. The van der Waals surface area contributed by atoms with Crippen LogP contribution in [0.5, 0.6) is 0 Å². The molecule has 21 heavy (non-hydrogen) atoms. The summed E-state index contributed by atoms with van der Waals surface area (Å²) in [5, 5.41) is 13.9. The van der Waals surface area contributed by atoms with Crippen LogP contribution in [-0.2, 0) is 16.1 Å². The van der Waals surface area contributed by atoms with Crippen molar-refractivity contribution in [2.45, 2.75) is 31.6 Å². The summed E-state index contributed by atoms with van der Waals surface area (Å²) in [6.45, 7) is 3.00. The minimum atomic E-state index is -0.481. The van der Waals surface area contributed by atoms with Crippen molar-refractivity contribution in [3.05, 3.63) is 34.9 Å². The number of nitrogens with one attached hydrogen (secondary N) is 1. The highest BCUT2D eigenvalue weighted by molar-refractivity contribution is 6.30. The maximum Gasteiger partial charge on any atom is 0.0897 e. The van der Waals surface area contributed by atoms with Crippen molar-refractivity contribution in [3.8, 4) is 0 Å². The maximum atomic E-state index is 9.86. The topological polar surface area (TPSA) is 50.7 Å². The van der Waals surface area contributed by atoms with Crippen LogP contribution in [0.3, 0.4) is 0 Å². The summed E-state index contributed by atoms with van der Waals surface area (Å²) < 4.78 is 10.8. The predicted octanol–water partition coefficient (Wildman–Crippen LogP) is 2.41. The average Bonchev–Trinajstić information content (AvgIpc) is 2.48. The molecule has 6 heteroatoms. The lowest BCUT2D eigenvalue weighted by atomic mass is 10.1. The van der Waals surface area contributed by atoms with Gasteiger partial charge in [-0.3, -0.25) is 0 Å². The summed E-state index contributed by atoms with van der Waals surface area (Å²) in [6, 6.07) is 7.98. The molecule has 1 aromatic rings. The van der Waals surface area contributed by atoms with E-state index in [1.165, 1.54) is 0 Å². The first-order chi connectivity index (χ1) is 9.74. The van der Waals surface area contributed by atoms with Crippen molar-refractivity contribution in [1.29, 1.82) is 0 Å². The quantitative estimate of drug-likeness (QED) is 0.803. The fourth-order valence-corrected chi connectivity index (χ4v) is 2.28. The molecule has 0 spiro atoms. The van der Waals surface area contributed by atoms with E-state index in [1.54, 1.807) is 0 Å². The van der Waals surface area contributed by atoms with E-state index in [-0.39, 0.29) is 12.4 Å². The number of halogens is 2. The minimum absolute atomic E-state index is 0. The summed E-state index contributed by atoms with van der Waals surface area (Å²) >= 11 is 5.81. The van der Waals surface area contributed by atoms with Gasteiger partial charge in [-0.05, 0) is 30.5 Å². The fourth-order valence-electron chi connectivity index (χ4n) is 2.16. The Morgan fingerprint density at radius 1 is 1.29 bits per heavy atom. The standard InChI is InChI=1S/C15H22ClNO3.ClH/c16-13-3-1-12(2-4-13)10-20-11-15(18)9-17-14-5-7-19-8-6-14;/h1-4,14-15,17-18H,5-11H2;1H. The molecule has 1 atom stereocenters. The van der Waals surface area contributed by atoms with Crippen LogP contribution in [0, 0.1) is 0 Å². The van der Waals surface area contributed by atoms with Gasteiger partial charge in [0.25, 0.3) is 0 Å². The summed E-state index contributed by atoms with van der Waals surface area (Å²) in [4.78, 5) is 0. The Labute approximate surface area is 137 Å². The lowest BCUT2D eigenvalue weighted by molar-refractivity contribution is 0.0229. The van der Waals surface area contributed by atoms with E-state index in [0.717, 1.165) is 36.6 Å². The van der Waals surface area contributed by atoms with Gasteiger partial charge in [0.2, 0.25) is 0 Å². The van der Waals surface area contributed by atoms with E-state index in [0.29, 0.717) is 25.8 Å². The van der Waals surface area contributed by atoms with Gasteiger partial charge < -0.3 is 19.9 Å². The SMILES string of the molecule is Cl.OC(CNC1CCOCC1)COCc1ccc(Cl)cc1. The van der Waals surface area contributed by atoms with Crippen molar-refractivity contribution >= 4 is 24.0 Å². The Bertz CT molecular complexity index is 383.